The molecule has 70 valence electrons. The minimum Gasteiger partial charge on any atom is -0.369 e. The van der Waals surface area contributed by atoms with E-state index in [1.807, 2.05) is 0 Å². The molecule has 1 aliphatic rings. The first-order chi connectivity index (χ1) is 5.65. The predicted octanol–water partition coefficient (Wildman–Crippen LogP) is 1.93. The molecule has 0 aliphatic heterocycles. The summed E-state index contributed by atoms with van der Waals surface area (Å²) in [5.74, 6) is 1.55. The molecule has 0 heterocycles. The van der Waals surface area contributed by atoms with Gasteiger partial charge in [0.05, 0.1) is 0 Å². The van der Waals surface area contributed by atoms with Crippen LogP contribution in [0.5, 0.6) is 0 Å². The summed E-state index contributed by atoms with van der Waals surface area (Å²) in [6.07, 6.45) is 4.74. The molecule has 1 rings (SSSR count). The van der Waals surface area contributed by atoms with Gasteiger partial charge < -0.3 is 5.73 Å². The normalized spacial score (nSPS) is 29.8. The smallest absolute Gasteiger partial charge is 0.220 e. The summed E-state index contributed by atoms with van der Waals surface area (Å²) in [5, 5.41) is 0. The van der Waals surface area contributed by atoms with E-state index in [0.29, 0.717) is 5.92 Å². The van der Waals surface area contributed by atoms with Crippen LogP contribution < -0.4 is 5.73 Å². The van der Waals surface area contributed by atoms with Gasteiger partial charge in [0.1, 0.15) is 0 Å². The SMILES string of the molecule is CCC(C)CC[C@H]1CC1C(N)=O. The van der Waals surface area contributed by atoms with Crippen LogP contribution in [0.2, 0.25) is 0 Å². The van der Waals surface area contributed by atoms with Crippen LogP contribution in [0.15, 0.2) is 0 Å². The molecule has 3 atom stereocenters. The Hall–Kier alpha value is -0.530. The van der Waals surface area contributed by atoms with E-state index in [9.17, 15) is 4.79 Å². The summed E-state index contributed by atoms with van der Waals surface area (Å²) in [4.78, 5) is 10.7. The lowest BCUT2D eigenvalue weighted by atomic mass is 10.0. The van der Waals surface area contributed by atoms with Gasteiger partial charge in [0.15, 0.2) is 0 Å². The first kappa shape index (κ1) is 9.56. The monoisotopic (exact) mass is 169 g/mol. The van der Waals surface area contributed by atoms with E-state index in [-0.39, 0.29) is 11.8 Å². The fraction of sp³-hybridized carbons (Fsp3) is 0.900. The topological polar surface area (TPSA) is 43.1 Å². The van der Waals surface area contributed by atoms with Crippen LogP contribution in [-0.4, -0.2) is 5.91 Å². The van der Waals surface area contributed by atoms with Crippen LogP contribution in [0.3, 0.4) is 0 Å². The molecule has 2 unspecified atom stereocenters. The molecule has 0 aromatic carbocycles. The van der Waals surface area contributed by atoms with E-state index in [1.54, 1.807) is 0 Å². The molecule has 0 spiro atoms. The zero-order chi connectivity index (χ0) is 9.14. The van der Waals surface area contributed by atoms with E-state index < -0.39 is 0 Å². The van der Waals surface area contributed by atoms with Gasteiger partial charge in [-0.05, 0) is 24.7 Å². The molecule has 0 bridgehead atoms. The van der Waals surface area contributed by atoms with Crippen molar-refractivity contribution in [2.24, 2.45) is 23.5 Å². The van der Waals surface area contributed by atoms with Crippen molar-refractivity contribution >= 4 is 5.91 Å². The second kappa shape index (κ2) is 3.92. The summed E-state index contributed by atoms with van der Waals surface area (Å²) in [6.45, 7) is 4.48. The Morgan fingerprint density at radius 3 is 2.75 bits per heavy atom. The highest BCUT2D eigenvalue weighted by Gasteiger charge is 2.40. The molecule has 2 nitrogen and oxygen atoms in total. The van der Waals surface area contributed by atoms with Gasteiger partial charge in [-0.2, -0.15) is 0 Å². The largest absolute Gasteiger partial charge is 0.369 e. The highest BCUT2D eigenvalue weighted by atomic mass is 16.1. The van der Waals surface area contributed by atoms with Crippen LogP contribution in [0.4, 0.5) is 0 Å². The van der Waals surface area contributed by atoms with Crippen LogP contribution in [-0.2, 0) is 4.79 Å². The van der Waals surface area contributed by atoms with Crippen molar-refractivity contribution in [1.82, 2.24) is 0 Å². The lowest BCUT2D eigenvalue weighted by Gasteiger charge is -2.06. The number of primary amides is 1. The summed E-state index contributed by atoms with van der Waals surface area (Å²) in [6, 6.07) is 0. The quantitative estimate of drug-likeness (QED) is 0.671. The van der Waals surface area contributed by atoms with Gasteiger partial charge in [0.25, 0.3) is 0 Å². The van der Waals surface area contributed by atoms with Gasteiger partial charge in [-0.1, -0.05) is 26.7 Å². The van der Waals surface area contributed by atoms with Gasteiger partial charge in [-0.15, -0.1) is 0 Å². The van der Waals surface area contributed by atoms with Crippen molar-refractivity contribution in [2.75, 3.05) is 0 Å². The molecule has 0 aromatic rings. The van der Waals surface area contributed by atoms with Crippen molar-refractivity contribution in [2.45, 2.75) is 39.5 Å². The Morgan fingerprint density at radius 1 is 1.67 bits per heavy atom. The Bertz CT molecular complexity index is 167. The molecule has 1 fully saturated rings. The average Bonchev–Trinajstić information content (AvgIpc) is 2.79. The summed E-state index contributed by atoms with van der Waals surface area (Å²) >= 11 is 0. The highest BCUT2D eigenvalue weighted by Crippen LogP contribution is 2.42. The number of hydrogen-bond donors (Lipinski definition) is 1. The fourth-order valence-electron chi connectivity index (χ4n) is 1.62. The summed E-state index contributed by atoms with van der Waals surface area (Å²) in [7, 11) is 0. The number of carbonyl (C=O) groups excluding carboxylic acids is 1. The Labute approximate surface area is 74.5 Å². The van der Waals surface area contributed by atoms with E-state index in [0.717, 1.165) is 12.3 Å². The Balaban J connectivity index is 2.08. The average molecular weight is 169 g/mol. The second-order valence-corrected chi connectivity index (χ2v) is 4.10. The predicted molar refractivity (Wildman–Crippen MR) is 49.5 cm³/mol. The minimum atomic E-state index is -0.0934. The number of hydrogen-bond acceptors (Lipinski definition) is 1. The molecular weight excluding hydrogens is 150 g/mol. The third kappa shape index (κ3) is 2.50. The van der Waals surface area contributed by atoms with Crippen LogP contribution >= 0.6 is 0 Å². The lowest BCUT2D eigenvalue weighted by molar-refractivity contribution is -0.119. The first-order valence-electron chi connectivity index (χ1n) is 4.94. The highest BCUT2D eigenvalue weighted by molar-refractivity contribution is 5.79. The Morgan fingerprint density at radius 2 is 2.33 bits per heavy atom. The number of nitrogens with two attached hydrogens (primary N) is 1. The van der Waals surface area contributed by atoms with Gasteiger partial charge in [0, 0.05) is 5.92 Å². The van der Waals surface area contributed by atoms with Gasteiger partial charge in [-0.3, -0.25) is 4.79 Å². The van der Waals surface area contributed by atoms with Crippen molar-refractivity contribution in [3.63, 3.8) is 0 Å². The molecule has 2 heteroatoms. The maximum Gasteiger partial charge on any atom is 0.220 e. The number of carbonyl (C=O) groups is 1. The van der Waals surface area contributed by atoms with Crippen LogP contribution in [0.25, 0.3) is 0 Å². The van der Waals surface area contributed by atoms with Crippen molar-refractivity contribution in [1.29, 1.82) is 0 Å². The van der Waals surface area contributed by atoms with Gasteiger partial charge in [0.2, 0.25) is 5.91 Å². The lowest BCUT2D eigenvalue weighted by Crippen LogP contribution is -2.14. The van der Waals surface area contributed by atoms with Gasteiger partial charge in [-0.25, -0.2) is 0 Å². The molecule has 2 N–H and O–H groups in total. The van der Waals surface area contributed by atoms with E-state index >= 15 is 0 Å². The van der Waals surface area contributed by atoms with Crippen molar-refractivity contribution in [3.8, 4) is 0 Å². The number of rotatable bonds is 5. The van der Waals surface area contributed by atoms with Gasteiger partial charge >= 0.3 is 0 Å². The molecule has 1 saturated carbocycles. The maximum atomic E-state index is 10.7. The summed E-state index contributed by atoms with van der Waals surface area (Å²) < 4.78 is 0. The minimum absolute atomic E-state index is 0.0934. The fourth-order valence-corrected chi connectivity index (χ4v) is 1.62. The number of amides is 1. The molecular formula is C10H19NO. The van der Waals surface area contributed by atoms with E-state index in [2.05, 4.69) is 13.8 Å². The third-order valence-electron chi connectivity index (χ3n) is 3.02. The van der Waals surface area contributed by atoms with Crippen LogP contribution in [0, 0.1) is 17.8 Å². The molecule has 12 heavy (non-hydrogen) atoms. The van der Waals surface area contributed by atoms with Crippen molar-refractivity contribution in [3.05, 3.63) is 0 Å². The standard InChI is InChI=1S/C10H19NO/c1-3-7(2)4-5-8-6-9(8)10(11)12/h7-9H,3-6H2,1-2H3,(H2,11,12)/t7?,8-,9?/m0/s1. The van der Waals surface area contributed by atoms with E-state index in [4.69, 9.17) is 5.73 Å². The molecule has 0 radical (unpaired) electrons. The van der Waals surface area contributed by atoms with E-state index in [1.165, 1.54) is 19.3 Å². The molecule has 1 aliphatic carbocycles. The molecule has 1 amide bonds. The zero-order valence-electron chi connectivity index (χ0n) is 8.05. The maximum absolute atomic E-state index is 10.7. The second-order valence-electron chi connectivity index (χ2n) is 4.10. The van der Waals surface area contributed by atoms with Crippen molar-refractivity contribution < 1.29 is 4.79 Å². The Kier molecular flexibility index (Phi) is 3.12. The molecule has 0 aromatic heterocycles. The third-order valence-corrected chi connectivity index (χ3v) is 3.02. The summed E-state index contributed by atoms with van der Waals surface area (Å²) in [5.41, 5.74) is 5.19. The van der Waals surface area contributed by atoms with Crippen LogP contribution in [0.1, 0.15) is 39.5 Å². The molecule has 0 saturated heterocycles. The zero-order valence-corrected chi connectivity index (χ0v) is 8.05. The first-order valence-corrected chi connectivity index (χ1v) is 4.94.